The number of nitrogens with zero attached hydrogens (tertiary/aromatic N) is 4. The zero-order valence-electron chi connectivity index (χ0n) is 19.5. The number of carbonyl (C=O) groups excluding carboxylic acids is 1. The van der Waals surface area contributed by atoms with Crippen molar-refractivity contribution < 1.29 is 23.4 Å². The Balaban J connectivity index is 0.000000555. The number of halogens is 1. The van der Waals surface area contributed by atoms with Crippen molar-refractivity contribution in [3.63, 3.8) is 0 Å². The number of aryl methyl sites for hydroxylation is 1. The van der Waals surface area contributed by atoms with Crippen molar-refractivity contribution in [2.45, 2.75) is 51.9 Å². The molecule has 10 heteroatoms. The van der Waals surface area contributed by atoms with Crippen LogP contribution in [-0.4, -0.2) is 53.6 Å². The van der Waals surface area contributed by atoms with Crippen LogP contribution in [0.5, 0.6) is 5.95 Å². The highest BCUT2D eigenvalue weighted by Gasteiger charge is 2.30. The predicted molar refractivity (Wildman–Crippen MR) is 128 cm³/mol. The number of aromatic nitrogens is 3. The van der Waals surface area contributed by atoms with Crippen LogP contribution in [0.1, 0.15) is 38.7 Å². The van der Waals surface area contributed by atoms with Gasteiger partial charge in [0.25, 0.3) is 6.47 Å². The molecule has 9 nitrogen and oxygen atoms in total. The minimum absolute atomic E-state index is 0.295. The molecule has 1 saturated heterocycles. The SMILES string of the molecule is CCC1CC(N(C)c2c(OCc3cnn(C)c3)oc3ncc(Br)cc23)CCO1.CCOC=O. The number of rotatable bonds is 8. The first-order valence-electron chi connectivity index (χ1n) is 11.0. The fourth-order valence-corrected chi connectivity index (χ4v) is 4.13. The minimum atomic E-state index is 0.295. The molecule has 2 atom stereocenters. The van der Waals surface area contributed by atoms with Gasteiger partial charge in [-0.2, -0.15) is 5.10 Å². The summed E-state index contributed by atoms with van der Waals surface area (Å²) in [4.78, 5) is 15.9. The highest BCUT2D eigenvalue weighted by atomic mass is 79.9. The summed E-state index contributed by atoms with van der Waals surface area (Å²) in [6.45, 7) is 6.00. The lowest BCUT2D eigenvalue weighted by Gasteiger charge is -2.36. The fraction of sp³-hybridized carbons (Fsp3) is 0.522. The van der Waals surface area contributed by atoms with Gasteiger partial charge in [-0.3, -0.25) is 9.48 Å². The second kappa shape index (κ2) is 12.0. The van der Waals surface area contributed by atoms with Gasteiger partial charge in [0.15, 0.2) is 0 Å². The Hall–Kier alpha value is -2.59. The molecule has 1 fully saturated rings. The van der Waals surface area contributed by atoms with Gasteiger partial charge >= 0.3 is 5.95 Å². The molecule has 0 bridgehead atoms. The third kappa shape index (κ3) is 6.48. The summed E-state index contributed by atoms with van der Waals surface area (Å²) in [5, 5.41) is 5.14. The van der Waals surface area contributed by atoms with Crippen molar-refractivity contribution in [3.8, 4) is 5.95 Å². The molecular formula is C23H31BrN4O5. The van der Waals surface area contributed by atoms with Crippen LogP contribution in [0.15, 0.2) is 33.5 Å². The molecule has 1 aliphatic heterocycles. The summed E-state index contributed by atoms with van der Waals surface area (Å²) in [5.74, 6) is 0.492. The number of fused-ring (bicyclic) bond motifs is 1. The largest absolute Gasteiger partial charge is 0.468 e. The highest BCUT2D eigenvalue weighted by molar-refractivity contribution is 9.10. The summed E-state index contributed by atoms with van der Waals surface area (Å²) in [6.07, 6.45) is 8.75. The molecule has 33 heavy (non-hydrogen) atoms. The van der Waals surface area contributed by atoms with Crippen molar-refractivity contribution in [2.24, 2.45) is 7.05 Å². The number of hydrogen-bond donors (Lipinski definition) is 0. The monoisotopic (exact) mass is 522 g/mol. The van der Waals surface area contributed by atoms with Crippen LogP contribution in [0.25, 0.3) is 11.1 Å². The standard InChI is InChI=1S/C20H25BrN4O3.C3H6O2/c1-4-16-8-15(5-6-26-16)25(3)18-17-7-14(21)10-22-19(17)28-20(18)27-12-13-9-23-24(2)11-13;1-2-5-3-4/h7,9-11,15-16H,4-6,8,12H2,1-3H3;3H,2H2,1H3. The van der Waals surface area contributed by atoms with Crippen LogP contribution >= 0.6 is 15.9 Å². The van der Waals surface area contributed by atoms with E-state index in [2.05, 4.69) is 49.6 Å². The first kappa shape index (κ1) is 25.0. The molecule has 3 aromatic rings. The molecule has 0 amide bonds. The molecule has 4 heterocycles. The van der Waals surface area contributed by atoms with Gasteiger partial charge in [-0.05, 0) is 48.2 Å². The van der Waals surface area contributed by atoms with Crippen LogP contribution in [0.3, 0.4) is 0 Å². The molecule has 0 N–H and O–H groups in total. The Bertz CT molecular complexity index is 1040. The van der Waals surface area contributed by atoms with Crippen LogP contribution < -0.4 is 9.64 Å². The lowest BCUT2D eigenvalue weighted by molar-refractivity contribution is -0.128. The number of ether oxygens (including phenoxy) is 3. The van der Waals surface area contributed by atoms with Gasteiger partial charge in [-0.15, -0.1) is 0 Å². The first-order valence-corrected chi connectivity index (χ1v) is 11.8. The molecule has 0 aliphatic carbocycles. The molecule has 0 radical (unpaired) electrons. The molecule has 0 aromatic carbocycles. The smallest absolute Gasteiger partial charge is 0.311 e. The Morgan fingerprint density at radius 1 is 1.36 bits per heavy atom. The van der Waals surface area contributed by atoms with Gasteiger partial charge in [0.1, 0.15) is 12.3 Å². The topological polar surface area (TPSA) is 91.8 Å². The minimum Gasteiger partial charge on any atom is -0.468 e. The zero-order chi connectivity index (χ0) is 23.8. The van der Waals surface area contributed by atoms with Crippen LogP contribution in [0.4, 0.5) is 5.69 Å². The average molecular weight is 523 g/mol. The van der Waals surface area contributed by atoms with Crippen LogP contribution in [0, 0.1) is 0 Å². The maximum Gasteiger partial charge on any atom is 0.311 e. The quantitative estimate of drug-likeness (QED) is 0.400. The van der Waals surface area contributed by atoms with E-state index in [-0.39, 0.29) is 0 Å². The second-order valence-corrected chi connectivity index (χ2v) is 8.71. The predicted octanol–water partition coefficient (Wildman–Crippen LogP) is 4.48. The van der Waals surface area contributed by atoms with E-state index in [1.54, 1.807) is 24.0 Å². The molecule has 0 saturated carbocycles. The molecule has 180 valence electrons. The average Bonchev–Trinajstić information content (AvgIpc) is 3.40. The van der Waals surface area contributed by atoms with Crippen molar-refractivity contribution in [2.75, 3.05) is 25.2 Å². The van der Waals surface area contributed by atoms with Gasteiger partial charge in [-0.1, -0.05) is 6.92 Å². The maximum atomic E-state index is 9.18. The summed E-state index contributed by atoms with van der Waals surface area (Å²) >= 11 is 3.53. The Kier molecular flexibility index (Phi) is 9.13. The third-order valence-corrected chi connectivity index (χ3v) is 5.95. The van der Waals surface area contributed by atoms with E-state index in [0.29, 0.717) is 43.5 Å². The van der Waals surface area contributed by atoms with E-state index >= 15 is 0 Å². The van der Waals surface area contributed by atoms with Gasteiger partial charge in [0, 0.05) is 49.2 Å². The van der Waals surface area contributed by atoms with Gasteiger partial charge in [0.05, 0.1) is 24.3 Å². The van der Waals surface area contributed by atoms with Gasteiger partial charge in [0.2, 0.25) is 5.71 Å². The number of carbonyl (C=O) groups is 1. The van der Waals surface area contributed by atoms with E-state index in [1.165, 1.54) is 0 Å². The number of furan rings is 1. The highest BCUT2D eigenvalue weighted by Crippen LogP contribution is 2.42. The lowest BCUT2D eigenvalue weighted by atomic mass is 10.00. The third-order valence-electron chi connectivity index (χ3n) is 5.51. The first-order chi connectivity index (χ1) is 16.0. The fourth-order valence-electron chi connectivity index (χ4n) is 3.80. The zero-order valence-corrected chi connectivity index (χ0v) is 21.1. The van der Waals surface area contributed by atoms with Crippen LogP contribution in [0.2, 0.25) is 0 Å². The molecule has 3 aromatic heterocycles. The van der Waals surface area contributed by atoms with E-state index in [0.717, 1.165) is 47.0 Å². The summed E-state index contributed by atoms with van der Waals surface area (Å²) < 4.78 is 24.8. The summed E-state index contributed by atoms with van der Waals surface area (Å²) in [5.41, 5.74) is 2.50. The van der Waals surface area contributed by atoms with Crippen molar-refractivity contribution in [1.29, 1.82) is 0 Å². The normalized spacial score (nSPS) is 17.8. The summed E-state index contributed by atoms with van der Waals surface area (Å²) in [7, 11) is 3.99. The van der Waals surface area contributed by atoms with Crippen LogP contribution in [-0.2, 0) is 27.9 Å². The molecule has 1 aliphatic rings. The van der Waals surface area contributed by atoms with E-state index in [4.69, 9.17) is 13.9 Å². The Morgan fingerprint density at radius 3 is 2.82 bits per heavy atom. The van der Waals surface area contributed by atoms with Gasteiger partial charge < -0.3 is 23.5 Å². The van der Waals surface area contributed by atoms with Crippen molar-refractivity contribution in [1.82, 2.24) is 14.8 Å². The van der Waals surface area contributed by atoms with Crippen molar-refractivity contribution >= 4 is 39.2 Å². The number of hydrogen-bond acceptors (Lipinski definition) is 8. The lowest BCUT2D eigenvalue weighted by Crippen LogP contribution is -2.40. The second-order valence-electron chi connectivity index (χ2n) is 7.80. The maximum absolute atomic E-state index is 9.18. The molecular weight excluding hydrogens is 492 g/mol. The van der Waals surface area contributed by atoms with E-state index in [9.17, 15) is 4.79 Å². The molecule has 2 unspecified atom stereocenters. The Morgan fingerprint density at radius 2 is 2.18 bits per heavy atom. The molecule has 0 spiro atoms. The number of pyridine rings is 1. The van der Waals surface area contributed by atoms with Crippen molar-refractivity contribution in [3.05, 3.63) is 34.7 Å². The molecule has 4 rings (SSSR count). The Labute approximate surface area is 202 Å². The number of anilines is 1. The summed E-state index contributed by atoms with van der Waals surface area (Å²) in [6, 6.07) is 2.39. The van der Waals surface area contributed by atoms with E-state index < -0.39 is 0 Å². The van der Waals surface area contributed by atoms with Gasteiger partial charge in [-0.25, -0.2) is 4.98 Å². The van der Waals surface area contributed by atoms with E-state index in [1.807, 2.05) is 19.3 Å².